The van der Waals surface area contributed by atoms with Gasteiger partial charge in [0.05, 0.1) is 0 Å². The summed E-state index contributed by atoms with van der Waals surface area (Å²) < 4.78 is 24.5. The smallest absolute Gasteiger partial charge is 0.253 e. The first-order valence-corrected chi connectivity index (χ1v) is 3.23. The second-order valence-corrected chi connectivity index (χ2v) is 2.52. The first-order chi connectivity index (χ1) is 5.00. The van der Waals surface area contributed by atoms with Crippen LogP contribution < -0.4 is 0 Å². The Kier molecular flexibility index (Phi) is 2.09. The van der Waals surface area contributed by atoms with E-state index in [1.54, 1.807) is 0 Å². The summed E-state index contributed by atoms with van der Waals surface area (Å²) in [5.74, 6) is 0. The van der Waals surface area contributed by atoms with Gasteiger partial charge >= 0.3 is 5.38 Å². The van der Waals surface area contributed by atoms with E-state index in [4.69, 9.17) is 11.6 Å². The molecule has 0 fully saturated rings. The van der Waals surface area contributed by atoms with Crippen LogP contribution in [-0.4, -0.2) is 4.98 Å². The number of halogens is 3. The summed E-state index contributed by atoms with van der Waals surface area (Å²) >= 11 is 4.69. The largest absolute Gasteiger partial charge is 0.364 e. The third-order valence-electron chi connectivity index (χ3n) is 1.12. The number of hydrogen-bond acceptors (Lipinski definition) is 1. The van der Waals surface area contributed by atoms with E-state index in [9.17, 15) is 8.78 Å². The minimum Gasteiger partial charge on any atom is -0.253 e. The van der Waals surface area contributed by atoms with E-state index in [2.05, 4.69) is 11.9 Å². The summed E-state index contributed by atoms with van der Waals surface area (Å²) in [4.78, 5) is 3.41. The SMILES string of the molecule is [CH2]c1ccc(C(F)(F)Cl)nc1. The zero-order chi connectivity index (χ0) is 8.48. The molecule has 1 heterocycles. The number of aromatic nitrogens is 1. The van der Waals surface area contributed by atoms with Crippen LogP contribution in [-0.2, 0) is 5.38 Å². The van der Waals surface area contributed by atoms with Gasteiger partial charge in [0.2, 0.25) is 0 Å². The lowest BCUT2D eigenvalue weighted by Gasteiger charge is -2.05. The van der Waals surface area contributed by atoms with Crippen molar-refractivity contribution >= 4 is 11.6 Å². The quantitative estimate of drug-likeness (QED) is 0.600. The molecule has 0 aliphatic rings. The predicted molar refractivity (Wildman–Crippen MR) is 38.4 cm³/mol. The topological polar surface area (TPSA) is 12.9 Å². The van der Waals surface area contributed by atoms with Crippen molar-refractivity contribution in [1.82, 2.24) is 4.98 Å². The molecule has 11 heavy (non-hydrogen) atoms. The van der Waals surface area contributed by atoms with Crippen molar-refractivity contribution in [3.05, 3.63) is 36.5 Å². The molecule has 0 unspecified atom stereocenters. The molecule has 0 spiro atoms. The highest BCUT2D eigenvalue weighted by Gasteiger charge is 2.28. The Bertz CT molecular complexity index is 240. The van der Waals surface area contributed by atoms with E-state index in [1.165, 1.54) is 12.3 Å². The van der Waals surface area contributed by atoms with E-state index in [0.29, 0.717) is 5.56 Å². The minimum absolute atomic E-state index is 0.452. The molecule has 59 valence electrons. The number of hydrogen-bond donors (Lipinski definition) is 0. The molecule has 0 atom stereocenters. The summed E-state index contributed by atoms with van der Waals surface area (Å²) in [5, 5.41) is -3.38. The van der Waals surface area contributed by atoms with Gasteiger partial charge in [-0.2, -0.15) is 8.78 Å². The monoisotopic (exact) mass is 176 g/mol. The fourth-order valence-electron chi connectivity index (χ4n) is 0.592. The van der Waals surface area contributed by atoms with Gasteiger partial charge in [0.25, 0.3) is 0 Å². The van der Waals surface area contributed by atoms with Crippen LogP contribution >= 0.6 is 11.6 Å². The molecular formula is C7H5ClF2N. The first-order valence-electron chi connectivity index (χ1n) is 2.85. The zero-order valence-electron chi connectivity index (χ0n) is 5.52. The molecule has 1 aromatic rings. The van der Waals surface area contributed by atoms with E-state index in [-0.39, 0.29) is 0 Å². The van der Waals surface area contributed by atoms with Gasteiger partial charge in [0.15, 0.2) is 0 Å². The molecule has 0 aliphatic heterocycles. The molecule has 1 radical (unpaired) electrons. The maximum absolute atomic E-state index is 12.3. The number of pyridine rings is 1. The van der Waals surface area contributed by atoms with Crippen LogP contribution in [0.1, 0.15) is 11.3 Å². The average molecular weight is 177 g/mol. The highest BCUT2D eigenvalue weighted by Crippen LogP contribution is 2.30. The molecular weight excluding hydrogens is 172 g/mol. The van der Waals surface area contributed by atoms with Crippen molar-refractivity contribution in [3.63, 3.8) is 0 Å². The molecule has 0 amide bonds. The van der Waals surface area contributed by atoms with E-state index < -0.39 is 11.1 Å². The van der Waals surface area contributed by atoms with Gasteiger partial charge in [-0.3, -0.25) is 4.98 Å². The lowest BCUT2D eigenvalue weighted by atomic mass is 10.3. The maximum Gasteiger partial charge on any atom is 0.364 e. The summed E-state index contributed by atoms with van der Waals surface area (Å²) in [5.41, 5.74) is 0.126. The molecule has 0 aromatic carbocycles. The third-order valence-corrected chi connectivity index (χ3v) is 1.31. The summed E-state index contributed by atoms with van der Waals surface area (Å²) in [7, 11) is 0. The standard InChI is InChI=1S/C7H5ClF2N/c1-5-2-3-6(11-4-5)7(8,9)10/h2-4H,1H2. The Morgan fingerprint density at radius 1 is 1.45 bits per heavy atom. The summed E-state index contributed by atoms with van der Waals surface area (Å²) in [6.45, 7) is 3.49. The first kappa shape index (κ1) is 8.40. The van der Waals surface area contributed by atoms with Crippen molar-refractivity contribution in [2.24, 2.45) is 0 Å². The summed E-state index contributed by atoms with van der Waals surface area (Å²) in [6.07, 6.45) is 1.24. The second kappa shape index (κ2) is 2.74. The average Bonchev–Trinajstić information content (AvgIpc) is 1.86. The molecule has 1 aromatic heterocycles. The Balaban J connectivity index is 2.99. The number of nitrogens with zero attached hydrogens (tertiary/aromatic N) is 1. The molecule has 0 aliphatic carbocycles. The van der Waals surface area contributed by atoms with Gasteiger partial charge in [-0.05, 0) is 30.2 Å². The van der Waals surface area contributed by atoms with Crippen molar-refractivity contribution in [2.75, 3.05) is 0 Å². The van der Waals surface area contributed by atoms with Gasteiger partial charge in [0, 0.05) is 6.20 Å². The normalized spacial score (nSPS) is 11.6. The van der Waals surface area contributed by atoms with Crippen LogP contribution in [0.4, 0.5) is 8.78 Å². The van der Waals surface area contributed by atoms with Crippen LogP contribution in [0, 0.1) is 6.92 Å². The van der Waals surface area contributed by atoms with Gasteiger partial charge in [-0.15, -0.1) is 0 Å². The van der Waals surface area contributed by atoms with Crippen LogP contribution in [0.2, 0.25) is 0 Å². The summed E-state index contributed by atoms with van der Waals surface area (Å²) in [6, 6.07) is 2.58. The Morgan fingerprint density at radius 2 is 2.09 bits per heavy atom. The highest BCUT2D eigenvalue weighted by atomic mass is 35.5. The van der Waals surface area contributed by atoms with Gasteiger partial charge in [-0.1, -0.05) is 6.07 Å². The number of alkyl halides is 3. The van der Waals surface area contributed by atoms with Gasteiger partial charge in [0.1, 0.15) is 5.69 Å². The molecule has 0 bridgehead atoms. The van der Waals surface area contributed by atoms with E-state index >= 15 is 0 Å². The molecule has 1 nitrogen and oxygen atoms in total. The Labute approximate surface area is 68.0 Å². The lowest BCUT2D eigenvalue weighted by Crippen LogP contribution is -2.05. The highest BCUT2D eigenvalue weighted by molar-refractivity contribution is 6.21. The van der Waals surface area contributed by atoms with Crippen LogP contribution in [0.3, 0.4) is 0 Å². The zero-order valence-corrected chi connectivity index (χ0v) is 6.28. The maximum atomic E-state index is 12.3. The fraction of sp³-hybridized carbons (Fsp3) is 0.143. The van der Waals surface area contributed by atoms with Crippen molar-refractivity contribution < 1.29 is 8.78 Å². The van der Waals surface area contributed by atoms with Crippen molar-refractivity contribution in [1.29, 1.82) is 0 Å². The van der Waals surface area contributed by atoms with E-state index in [1.807, 2.05) is 0 Å². The van der Waals surface area contributed by atoms with Gasteiger partial charge < -0.3 is 0 Å². The van der Waals surface area contributed by atoms with Gasteiger partial charge in [-0.25, -0.2) is 0 Å². The van der Waals surface area contributed by atoms with Crippen LogP contribution in [0.5, 0.6) is 0 Å². The Morgan fingerprint density at radius 3 is 2.45 bits per heavy atom. The predicted octanol–water partition coefficient (Wildman–Crippen LogP) is 2.55. The lowest BCUT2D eigenvalue weighted by molar-refractivity contribution is 0.0900. The van der Waals surface area contributed by atoms with Crippen molar-refractivity contribution in [3.8, 4) is 0 Å². The fourth-order valence-corrected chi connectivity index (χ4v) is 0.704. The van der Waals surface area contributed by atoms with Crippen LogP contribution in [0.25, 0.3) is 0 Å². The number of rotatable bonds is 1. The molecule has 0 saturated carbocycles. The molecule has 0 N–H and O–H groups in total. The second-order valence-electron chi connectivity index (χ2n) is 2.05. The Hall–Kier alpha value is -0.700. The van der Waals surface area contributed by atoms with E-state index in [0.717, 1.165) is 6.07 Å². The minimum atomic E-state index is -3.38. The van der Waals surface area contributed by atoms with Crippen molar-refractivity contribution in [2.45, 2.75) is 5.38 Å². The molecule has 0 saturated heterocycles. The molecule has 4 heteroatoms. The third kappa shape index (κ3) is 2.12. The molecule has 1 rings (SSSR count). The van der Waals surface area contributed by atoms with Crippen LogP contribution in [0.15, 0.2) is 18.3 Å².